The van der Waals surface area contributed by atoms with Gasteiger partial charge in [-0.3, -0.25) is 4.68 Å². The van der Waals surface area contributed by atoms with Gasteiger partial charge < -0.3 is 44.4 Å². The molecule has 12 heteroatoms. The Labute approximate surface area is 168 Å². The van der Waals surface area contributed by atoms with Gasteiger partial charge in [-0.25, -0.2) is 0 Å². The van der Waals surface area contributed by atoms with Crippen LogP contribution in [0.4, 0.5) is 0 Å². The van der Waals surface area contributed by atoms with Crippen molar-refractivity contribution in [1.82, 2.24) is 15.0 Å². The van der Waals surface area contributed by atoms with Crippen molar-refractivity contribution in [3.8, 4) is 0 Å². The van der Waals surface area contributed by atoms with Crippen LogP contribution in [0.2, 0.25) is 0 Å². The molecule has 5 atom stereocenters. The van der Waals surface area contributed by atoms with Crippen molar-refractivity contribution in [2.24, 2.45) is 5.73 Å². The Morgan fingerprint density at radius 2 is 1.69 bits per heavy atom. The zero-order valence-corrected chi connectivity index (χ0v) is 16.3. The summed E-state index contributed by atoms with van der Waals surface area (Å²) in [5, 5.41) is 27.8. The number of nitrogens with two attached hydrogens (primary N) is 1. The summed E-state index contributed by atoms with van der Waals surface area (Å²) in [6.45, 7) is 3.98. The van der Waals surface area contributed by atoms with Gasteiger partial charge >= 0.3 is 0 Å². The predicted octanol–water partition coefficient (Wildman–Crippen LogP) is -2.48. The smallest absolute Gasteiger partial charge is 0.176 e. The highest BCUT2D eigenvalue weighted by Crippen LogP contribution is 2.36. The second-order valence-electron chi connectivity index (χ2n) is 6.93. The molecule has 12 nitrogen and oxygen atoms in total. The fraction of sp³-hybridized carbons (Fsp3) is 0.882. The van der Waals surface area contributed by atoms with Crippen LogP contribution in [0.3, 0.4) is 0 Å². The molecule has 166 valence electrons. The van der Waals surface area contributed by atoms with Gasteiger partial charge in [-0.05, 0) is 0 Å². The molecule has 3 heterocycles. The highest BCUT2D eigenvalue weighted by atomic mass is 16.7. The minimum atomic E-state index is -1.16. The Bertz CT molecular complexity index is 580. The quantitative estimate of drug-likeness (QED) is 0.275. The monoisotopic (exact) mass is 418 g/mol. The zero-order chi connectivity index (χ0) is 20.5. The molecule has 2 bridgehead atoms. The molecule has 2 fully saturated rings. The Balaban J connectivity index is 1.13. The van der Waals surface area contributed by atoms with Crippen molar-refractivity contribution >= 4 is 0 Å². The summed E-state index contributed by atoms with van der Waals surface area (Å²) in [7, 11) is 0. The first kappa shape index (κ1) is 22.5. The Morgan fingerprint density at radius 1 is 1.03 bits per heavy atom. The molecule has 0 aliphatic carbocycles. The van der Waals surface area contributed by atoms with E-state index in [1.807, 2.05) is 0 Å². The van der Waals surface area contributed by atoms with Gasteiger partial charge in [0.25, 0.3) is 0 Å². The van der Waals surface area contributed by atoms with Crippen LogP contribution in [-0.4, -0.2) is 115 Å². The maximum atomic E-state index is 10.2. The van der Waals surface area contributed by atoms with Gasteiger partial charge in [0.05, 0.1) is 78.2 Å². The van der Waals surface area contributed by atoms with Crippen LogP contribution in [0, 0.1) is 0 Å². The van der Waals surface area contributed by atoms with Crippen molar-refractivity contribution in [3.63, 3.8) is 0 Å². The molecule has 2 aliphatic rings. The third-order valence-corrected chi connectivity index (χ3v) is 4.81. The number of ether oxygens (including phenoxy) is 6. The zero-order valence-electron chi connectivity index (χ0n) is 16.3. The van der Waals surface area contributed by atoms with Gasteiger partial charge in [0, 0.05) is 6.20 Å². The van der Waals surface area contributed by atoms with Crippen LogP contribution in [0.25, 0.3) is 0 Å². The lowest BCUT2D eigenvalue weighted by atomic mass is 9.89. The number of rotatable bonds is 14. The lowest BCUT2D eigenvalue weighted by Crippen LogP contribution is -2.65. The normalized spacial score (nSPS) is 31.4. The van der Waals surface area contributed by atoms with Gasteiger partial charge in [0.15, 0.2) is 6.29 Å². The van der Waals surface area contributed by atoms with Crippen LogP contribution in [0.1, 0.15) is 0 Å². The molecule has 2 saturated heterocycles. The number of nitrogens with zero attached hydrogens (tertiary/aromatic N) is 3. The number of aliphatic hydroxyl groups is 2. The molecule has 3 rings (SSSR count). The van der Waals surface area contributed by atoms with E-state index in [4.69, 9.17) is 34.2 Å². The van der Waals surface area contributed by atoms with E-state index in [0.717, 1.165) is 0 Å². The second kappa shape index (κ2) is 11.2. The van der Waals surface area contributed by atoms with E-state index < -0.39 is 30.1 Å². The van der Waals surface area contributed by atoms with Crippen LogP contribution in [-0.2, 0) is 35.0 Å². The summed E-state index contributed by atoms with van der Waals surface area (Å²) < 4.78 is 34.5. The first-order valence-corrected chi connectivity index (χ1v) is 9.69. The van der Waals surface area contributed by atoms with Gasteiger partial charge in [0.1, 0.15) is 17.8 Å². The van der Waals surface area contributed by atoms with Crippen molar-refractivity contribution in [2.75, 3.05) is 59.5 Å². The molecule has 2 aliphatic heterocycles. The van der Waals surface area contributed by atoms with Crippen LogP contribution in [0.15, 0.2) is 12.4 Å². The Morgan fingerprint density at radius 3 is 2.34 bits per heavy atom. The molecule has 4 N–H and O–H groups in total. The highest BCUT2D eigenvalue weighted by Gasteiger charge is 2.58. The molecule has 1 aromatic rings. The van der Waals surface area contributed by atoms with E-state index in [0.29, 0.717) is 52.8 Å². The number of aromatic nitrogens is 3. The number of hydrogen-bond donors (Lipinski definition) is 3. The summed E-state index contributed by atoms with van der Waals surface area (Å²) >= 11 is 0. The average molecular weight is 418 g/mol. The molecule has 0 unspecified atom stereocenters. The fourth-order valence-corrected chi connectivity index (χ4v) is 3.13. The van der Waals surface area contributed by atoms with Crippen molar-refractivity contribution in [3.05, 3.63) is 12.4 Å². The number of aliphatic hydroxyl groups excluding tert-OH is 2. The lowest BCUT2D eigenvalue weighted by molar-refractivity contribution is -0.233. The first-order valence-electron chi connectivity index (χ1n) is 9.69. The van der Waals surface area contributed by atoms with Crippen LogP contribution in [0.5, 0.6) is 0 Å². The summed E-state index contributed by atoms with van der Waals surface area (Å²) in [6.07, 6.45) is 0.405. The van der Waals surface area contributed by atoms with Crippen LogP contribution >= 0.6 is 0 Å². The highest BCUT2D eigenvalue weighted by molar-refractivity contribution is 5.05. The molecular formula is C17H30N4O8. The molecule has 0 amide bonds. The predicted molar refractivity (Wildman–Crippen MR) is 96.8 cm³/mol. The van der Waals surface area contributed by atoms with E-state index in [1.54, 1.807) is 17.1 Å². The maximum Gasteiger partial charge on any atom is 0.176 e. The van der Waals surface area contributed by atoms with Crippen LogP contribution < -0.4 is 5.73 Å². The van der Waals surface area contributed by atoms with E-state index in [9.17, 15) is 10.2 Å². The van der Waals surface area contributed by atoms with E-state index in [2.05, 4.69) is 10.3 Å². The summed E-state index contributed by atoms with van der Waals surface area (Å²) in [5.74, 6) is 0. The maximum absolute atomic E-state index is 10.2. The third-order valence-electron chi connectivity index (χ3n) is 4.81. The largest absolute Gasteiger partial charge is 0.388 e. The fourth-order valence-electron chi connectivity index (χ4n) is 3.13. The van der Waals surface area contributed by atoms with E-state index in [1.165, 1.54) is 0 Å². The van der Waals surface area contributed by atoms with E-state index >= 15 is 0 Å². The minimum absolute atomic E-state index is 0.0836. The lowest BCUT2D eigenvalue weighted by Gasteiger charge is -2.41. The molecular weight excluding hydrogens is 388 g/mol. The minimum Gasteiger partial charge on any atom is -0.388 e. The van der Waals surface area contributed by atoms with Crippen molar-refractivity contribution in [1.29, 1.82) is 0 Å². The van der Waals surface area contributed by atoms with Gasteiger partial charge in [-0.1, -0.05) is 5.21 Å². The molecule has 29 heavy (non-hydrogen) atoms. The standard InChI is InChI=1S/C17H30N4O8/c18-13-14(22)15(23)17(12-28-16(13)29-17)11-27-10-9-26-8-7-25-6-5-24-4-3-21-2-1-19-20-21/h1-2,13-16,22-23H,3-12,18H2/t13-,14-,15-,16+,17+/m1/s1. The SMILES string of the molecule is N[C@H]1[C@H]2OC[C@](COCCOCCOCCOCCn3ccnn3)(O2)[C@H](O)[C@@H]1O. The topological polar surface area (TPSA) is 153 Å². The molecule has 0 radical (unpaired) electrons. The Kier molecular flexibility index (Phi) is 8.71. The van der Waals surface area contributed by atoms with Gasteiger partial charge in [-0.15, -0.1) is 5.10 Å². The molecule has 0 spiro atoms. The summed E-state index contributed by atoms with van der Waals surface area (Å²) in [4.78, 5) is 0. The molecule has 0 aromatic carbocycles. The van der Waals surface area contributed by atoms with Crippen molar-refractivity contribution in [2.45, 2.75) is 36.7 Å². The summed E-state index contributed by atoms with van der Waals surface area (Å²) in [5.41, 5.74) is 4.66. The van der Waals surface area contributed by atoms with E-state index in [-0.39, 0.29) is 13.2 Å². The first-order chi connectivity index (χ1) is 14.1. The summed E-state index contributed by atoms with van der Waals surface area (Å²) in [6, 6.07) is -0.775. The van der Waals surface area contributed by atoms with Gasteiger partial charge in [-0.2, -0.15) is 0 Å². The second-order valence-corrected chi connectivity index (χ2v) is 6.93. The molecule has 1 aromatic heterocycles. The van der Waals surface area contributed by atoms with Gasteiger partial charge in [0.2, 0.25) is 0 Å². The third kappa shape index (κ3) is 6.13. The number of hydrogen-bond acceptors (Lipinski definition) is 11. The molecule has 0 saturated carbocycles. The average Bonchev–Trinajstić information content (AvgIpc) is 3.38. The van der Waals surface area contributed by atoms with Crippen molar-refractivity contribution < 1.29 is 38.6 Å². The Hall–Kier alpha value is -1.22. The number of fused-ring (bicyclic) bond motifs is 2.